The minimum atomic E-state index is -0.716. The fourth-order valence-electron chi connectivity index (χ4n) is 4.03. The van der Waals surface area contributed by atoms with Gasteiger partial charge in [-0.15, -0.1) is 0 Å². The number of rotatable bonds is 4. The molecule has 0 aromatic heterocycles. The molecule has 138 valence electrons. The van der Waals surface area contributed by atoms with Gasteiger partial charge in [-0.25, -0.2) is 0 Å². The first kappa shape index (κ1) is 18.3. The molecule has 6 nitrogen and oxygen atoms in total. The Kier molecular flexibility index (Phi) is 5.41. The van der Waals surface area contributed by atoms with E-state index >= 15 is 0 Å². The van der Waals surface area contributed by atoms with Gasteiger partial charge >= 0.3 is 0 Å². The van der Waals surface area contributed by atoms with Crippen LogP contribution in [-0.2, 0) is 11.3 Å². The highest BCUT2D eigenvalue weighted by Crippen LogP contribution is 2.40. The molecule has 2 N–H and O–H groups in total. The molecule has 1 aromatic rings. The Bertz CT molecular complexity index is 654. The number of amides is 1. The molecule has 2 aliphatic heterocycles. The number of hydrogen-bond acceptors (Lipinski definition) is 5. The van der Waals surface area contributed by atoms with Gasteiger partial charge in [-0.05, 0) is 25.3 Å². The van der Waals surface area contributed by atoms with Gasteiger partial charge in [0.25, 0.3) is 0 Å². The second kappa shape index (κ2) is 7.40. The molecule has 1 aromatic carbocycles. The van der Waals surface area contributed by atoms with Crippen LogP contribution >= 0.6 is 11.6 Å². The lowest BCUT2D eigenvalue weighted by molar-refractivity contribution is -0.149. The van der Waals surface area contributed by atoms with Crippen LogP contribution in [0, 0.1) is 5.41 Å². The van der Waals surface area contributed by atoms with Crippen molar-refractivity contribution in [3.63, 3.8) is 0 Å². The maximum atomic E-state index is 12.5. The number of nitrogens with one attached hydrogen (secondary N) is 1. The molecule has 0 saturated carbocycles. The molecular weight excluding hydrogens is 344 g/mol. The van der Waals surface area contributed by atoms with Crippen molar-refractivity contribution in [3.8, 4) is 11.5 Å². The molecule has 2 heterocycles. The molecular formula is C18H25ClN2O4. The molecule has 0 radical (unpaired) electrons. The Morgan fingerprint density at radius 1 is 1.40 bits per heavy atom. The quantitative estimate of drug-likeness (QED) is 0.848. The number of methoxy groups -OCH3 is 2. The number of carbonyl (C=O) groups excluding carboxylic acids is 1. The number of nitrogens with zero attached hydrogens (tertiary/aromatic N) is 1. The summed E-state index contributed by atoms with van der Waals surface area (Å²) in [6.45, 7) is 2.51. The van der Waals surface area contributed by atoms with E-state index in [9.17, 15) is 9.90 Å². The summed E-state index contributed by atoms with van der Waals surface area (Å²) in [5.41, 5.74) is 0.196. The van der Waals surface area contributed by atoms with Crippen molar-refractivity contribution in [2.75, 3.05) is 33.9 Å². The van der Waals surface area contributed by atoms with Gasteiger partial charge < -0.3 is 19.9 Å². The number of benzene rings is 1. The van der Waals surface area contributed by atoms with Crippen molar-refractivity contribution >= 4 is 17.5 Å². The predicted molar refractivity (Wildman–Crippen MR) is 95.1 cm³/mol. The lowest BCUT2D eigenvalue weighted by Gasteiger charge is -2.47. The van der Waals surface area contributed by atoms with Crippen molar-refractivity contribution < 1.29 is 19.4 Å². The van der Waals surface area contributed by atoms with E-state index in [1.54, 1.807) is 20.3 Å². The van der Waals surface area contributed by atoms with Gasteiger partial charge in [-0.2, -0.15) is 0 Å². The first-order chi connectivity index (χ1) is 12.0. The molecule has 0 unspecified atom stereocenters. The monoisotopic (exact) mass is 368 g/mol. The Morgan fingerprint density at radius 3 is 2.88 bits per heavy atom. The van der Waals surface area contributed by atoms with Crippen LogP contribution in [0.5, 0.6) is 11.5 Å². The Balaban J connectivity index is 1.84. The zero-order chi connectivity index (χ0) is 18.0. The standard InChI is InChI=1S/C18H25ClN2O4/c1-24-14-9-13(19)8-12(16(14)25-2)10-21-7-4-15(22)18(11-21)5-3-6-20-17(18)23/h8-9,15,22H,3-7,10-11H2,1-2H3,(H,20,23)/t15-,18+/m0/s1. The van der Waals surface area contributed by atoms with Crippen molar-refractivity contribution in [2.45, 2.75) is 31.9 Å². The van der Waals surface area contributed by atoms with Crippen LogP contribution in [0.2, 0.25) is 5.02 Å². The van der Waals surface area contributed by atoms with Gasteiger partial charge in [-0.3, -0.25) is 9.69 Å². The number of carbonyl (C=O) groups is 1. The zero-order valence-corrected chi connectivity index (χ0v) is 15.4. The van der Waals surface area contributed by atoms with E-state index in [2.05, 4.69) is 10.2 Å². The van der Waals surface area contributed by atoms with Crippen molar-refractivity contribution in [1.29, 1.82) is 0 Å². The maximum Gasteiger partial charge on any atom is 0.230 e. The molecule has 2 fully saturated rings. The third-order valence-electron chi connectivity index (χ3n) is 5.31. The van der Waals surface area contributed by atoms with E-state index in [0.29, 0.717) is 55.5 Å². The molecule has 25 heavy (non-hydrogen) atoms. The highest BCUT2D eigenvalue weighted by atomic mass is 35.5. The largest absolute Gasteiger partial charge is 0.493 e. The summed E-state index contributed by atoms with van der Waals surface area (Å²) in [5, 5.41) is 14.0. The van der Waals surface area contributed by atoms with E-state index in [1.165, 1.54) is 0 Å². The predicted octanol–water partition coefficient (Wildman–Crippen LogP) is 1.82. The molecule has 1 spiro atoms. The van der Waals surface area contributed by atoms with Crippen molar-refractivity contribution in [1.82, 2.24) is 10.2 Å². The third kappa shape index (κ3) is 3.43. The molecule has 2 aliphatic rings. The van der Waals surface area contributed by atoms with E-state index < -0.39 is 11.5 Å². The maximum absolute atomic E-state index is 12.5. The van der Waals surface area contributed by atoms with Gasteiger partial charge in [0, 0.05) is 42.8 Å². The first-order valence-corrected chi connectivity index (χ1v) is 8.97. The number of ether oxygens (including phenoxy) is 2. The van der Waals surface area contributed by atoms with Gasteiger partial charge in [0.1, 0.15) is 0 Å². The Labute approximate surface area is 153 Å². The number of aliphatic hydroxyl groups excluding tert-OH is 1. The van der Waals surface area contributed by atoms with E-state index in [0.717, 1.165) is 12.0 Å². The van der Waals surface area contributed by atoms with Crippen LogP contribution in [0.4, 0.5) is 0 Å². The molecule has 2 atom stereocenters. The summed E-state index contributed by atoms with van der Waals surface area (Å²) in [6.07, 6.45) is 1.59. The molecule has 7 heteroatoms. The van der Waals surface area contributed by atoms with Crippen molar-refractivity contribution in [2.24, 2.45) is 5.41 Å². The van der Waals surface area contributed by atoms with Crippen LogP contribution in [0.25, 0.3) is 0 Å². The fourth-order valence-corrected chi connectivity index (χ4v) is 4.26. The van der Waals surface area contributed by atoms with Crippen LogP contribution < -0.4 is 14.8 Å². The number of likely N-dealkylation sites (tertiary alicyclic amines) is 1. The SMILES string of the molecule is COc1cc(Cl)cc(CN2CC[C@H](O)[C@@]3(CCCNC3=O)C2)c1OC. The van der Waals surface area contributed by atoms with Crippen LogP contribution in [0.15, 0.2) is 12.1 Å². The summed E-state index contributed by atoms with van der Waals surface area (Å²) in [7, 11) is 3.18. The van der Waals surface area contributed by atoms with E-state index in [-0.39, 0.29) is 5.91 Å². The number of hydrogen-bond donors (Lipinski definition) is 2. The highest BCUT2D eigenvalue weighted by Gasteiger charge is 2.49. The third-order valence-corrected chi connectivity index (χ3v) is 5.53. The second-order valence-electron chi connectivity index (χ2n) is 6.83. The van der Waals surface area contributed by atoms with Crippen LogP contribution in [-0.4, -0.2) is 55.9 Å². The van der Waals surface area contributed by atoms with Crippen molar-refractivity contribution in [3.05, 3.63) is 22.7 Å². The average Bonchev–Trinajstić information content (AvgIpc) is 2.60. The summed E-state index contributed by atoms with van der Waals surface area (Å²) < 4.78 is 10.9. The Hall–Kier alpha value is -1.50. The van der Waals surface area contributed by atoms with Gasteiger partial charge in [-0.1, -0.05) is 11.6 Å². The van der Waals surface area contributed by atoms with E-state index in [1.807, 2.05) is 6.07 Å². The summed E-state index contributed by atoms with van der Waals surface area (Å²) in [4.78, 5) is 14.7. The molecule has 0 aliphatic carbocycles. The molecule has 3 rings (SSSR count). The fraction of sp³-hybridized carbons (Fsp3) is 0.611. The summed E-state index contributed by atoms with van der Waals surface area (Å²) in [5.74, 6) is 1.21. The molecule has 1 amide bonds. The minimum Gasteiger partial charge on any atom is -0.493 e. The highest BCUT2D eigenvalue weighted by molar-refractivity contribution is 6.30. The molecule has 0 bridgehead atoms. The lowest BCUT2D eigenvalue weighted by atomic mass is 9.71. The average molecular weight is 369 g/mol. The lowest BCUT2D eigenvalue weighted by Crippen LogP contribution is -2.61. The van der Waals surface area contributed by atoms with Gasteiger partial charge in [0.2, 0.25) is 5.91 Å². The number of halogens is 1. The second-order valence-corrected chi connectivity index (χ2v) is 7.27. The minimum absolute atomic E-state index is 0.0356. The summed E-state index contributed by atoms with van der Waals surface area (Å²) >= 11 is 6.21. The van der Waals surface area contributed by atoms with Gasteiger partial charge in [0.15, 0.2) is 11.5 Å². The Morgan fingerprint density at radius 2 is 2.20 bits per heavy atom. The number of piperidine rings is 2. The van der Waals surface area contributed by atoms with E-state index in [4.69, 9.17) is 21.1 Å². The smallest absolute Gasteiger partial charge is 0.230 e. The molecule has 2 saturated heterocycles. The van der Waals surface area contributed by atoms with Crippen LogP contribution in [0.3, 0.4) is 0 Å². The van der Waals surface area contributed by atoms with Crippen LogP contribution in [0.1, 0.15) is 24.8 Å². The topological polar surface area (TPSA) is 71.0 Å². The first-order valence-electron chi connectivity index (χ1n) is 8.59. The number of aliphatic hydroxyl groups is 1. The normalized spacial score (nSPS) is 27.2. The zero-order valence-electron chi connectivity index (χ0n) is 14.7. The van der Waals surface area contributed by atoms with Gasteiger partial charge in [0.05, 0.1) is 25.7 Å². The summed E-state index contributed by atoms with van der Waals surface area (Å²) in [6, 6.07) is 3.58.